The van der Waals surface area contributed by atoms with Crippen LogP contribution in [0.4, 0.5) is 0 Å². The Morgan fingerprint density at radius 1 is 0.581 bits per heavy atom. The van der Waals surface area contributed by atoms with Crippen LogP contribution in [0.3, 0.4) is 0 Å². The van der Waals surface area contributed by atoms with E-state index < -0.39 is 34.0 Å². The predicted molar refractivity (Wildman–Crippen MR) is 282 cm³/mol. The second-order valence-electron chi connectivity index (χ2n) is 17.5. The molecule has 0 fully saturated rings. The lowest BCUT2D eigenvalue weighted by Gasteiger charge is -2.11. The number of pyridine rings is 1. The van der Waals surface area contributed by atoms with E-state index >= 15 is 0 Å². The normalized spacial score (nSPS) is 11.0. The molecule has 22 heteroatoms. The fraction of sp³-hybridized carbons (Fsp3) is 0.192. The van der Waals surface area contributed by atoms with E-state index in [1.807, 2.05) is 42.5 Å². The van der Waals surface area contributed by atoms with Gasteiger partial charge in [0.1, 0.15) is 55.4 Å². The van der Waals surface area contributed by atoms with Gasteiger partial charge in [0.15, 0.2) is 5.15 Å². The quantitative estimate of drug-likeness (QED) is 0.164. The van der Waals surface area contributed by atoms with Gasteiger partial charge in [0.2, 0.25) is 23.6 Å². The number of primary amides is 3. The van der Waals surface area contributed by atoms with Crippen LogP contribution >= 0.6 is 27.5 Å². The Morgan fingerprint density at radius 3 is 1.64 bits per heavy atom. The summed E-state index contributed by atoms with van der Waals surface area (Å²) in [7, 11) is 1.59. The Hall–Kier alpha value is -9.23. The van der Waals surface area contributed by atoms with Gasteiger partial charge in [-0.2, -0.15) is 20.4 Å². The number of halogens is 2. The molecule has 0 aliphatic heterocycles. The molecule has 9 heterocycles. The molecule has 0 aliphatic rings. The van der Waals surface area contributed by atoms with Crippen LogP contribution in [0.15, 0.2) is 121 Å². The van der Waals surface area contributed by atoms with Crippen molar-refractivity contribution in [3.8, 4) is 52.5 Å². The zero-order valence-electron chi connectivity index (χ0n) is 40.9. The zero-order chi connectivity index (χ0) is 53.4. The Morgan fingerprint density at radius 2 is 1.07 bits per heavy atom. The number of aromatic nitrogens is 13. The van der Waals surface area contributed by atoms with Crippen molar-refractivity contribution in [1.82, 2.24) is 63.4 Å². The second-order valence-corrected chi connectivity index (χ2v) is 18.7. The molecular formula is C52H46BrClN16O4. The lowest BCUT2D eigenvalue weighted by molar-refractivity contribution is -0.124. The number of methoxy groups -OCH3 is 1. The molecule has 74 heavy (non-hydrogen) atoms. The summed E-state index contributed by atoms with van der Waals surface area (Å²) in [6.45, 7) is 10.1. The van der Waals surface area contributed by atoms with E-state index in [0.29, 0.717) is 28.1 Å². The van der Waals surface area contributed by atoms with E-state index in [1.165, 1.54) is 0 Å². The number of benzene rings is 1. The Balaban J connectivity index is 0.000000154. The summed E-state index contributed by atoms with van der Waals surface area (Å²) in [5.41, 5.74) is 20.8. The van der Waals surface area contributed by atoms with Gasteiger partial charge in [-0.3, -0.25) is 14.4 Å². The Labute approximate surface area is 436 Å². The van der Waals surface area contributed by atoms with Crippen LogP contribution in [0, 0.1) is 51.8 Å². The Kier molecular flexibility index (Phi) is 15.7. The molecule has 20 nitrogen and oxygen atoms in total. The standard InChI is InChI=1S/C22H19N5O2.C12H11BrN4O.C12H12N4O.C6H4ClN3/c1-22(2,21(23)28)9-8-18-20-16(13-25-27(20)11-10-24-18)14-4-6-17-15(12-14)5-7-19(26-17)29-3;1-12(2,11(14)18)4-3-9-10-8(13)7-16-17(10)6-5-15-9;1-12(2,11(13)17)5-3-9-10-4-6-15-16(10)8-7-14-9;7-6-5-1-2-9-10(5)4-3-8-6/h4-7,10-13H,1-3H3,(H2,23,28);5-7H,1-2H3,(H2,14,18);4,6-8H,1-2H3,(H2,13,17);1-4H. The number of nitrogens with zero attached hydrogens (tertiary/aromatic N) is 13. The van der Waals surface area contributed by atoms with Gasteiger partial charge in [-0.05, 0) is 111 Å². The van der Waals surface area contributed by atoms with E-state index in [-0.39, 0.29) is 0 Å². The van der Waals surface area contributed by atoms with Crippen molar-refractivity contribution in [2.24, 2.45) is 33.4 Å². The van der Waals surface area contributed by atoms with Gasteiger partial charge < -0.3 is 21.9 Å². The van der Waals surface area contributed by atoms with Crippen LogP contribution < -0.4 is 21.9 Å². The van der Waals surface area contributed by atoms with Crippen LogP contribution in [0.25, 0.3) is 44.1 Å². The van der Waals surface area contributed by atoms with E-state index in [0.717, 1.165) is 48.6 Å². The van der Waals surface area contributed by atoms with Gasteiger partial charge >= 0.3 is 0 Å². The maximum absolute atomic E-state index is 11.6. The fourth-order valence-electron chi connectivity index (χ4n) is 6.24. The molecule has 1 aromatic carbocycles. The van der Waals surface area contributed by atoms with Gasteiger partial charge in [-0.25, -0.2) is 43.0 Å². The van der Waals surface area contributed by atoms with E-state index in [9.17, 15) is 14.4 Å². The molecule has 9 aromatic heterocycles. The van der Waals surface area contributed by atoms with Gasteiger partial charge in [-0.15, -0.1) is 0 Å². The van der Waals surface area contributed by atoms with Gasteiger partial charge in [0.25, 0.3) is 0 Å². The average Bonchev–Trinajstić information content (AvgIpc) is 4.23. The van der Waals surface area contributed by atoms with Crippen molar-refractivity contribution >= 4 is 78.2 Å². The van der Waals surface area contributed by atoms with Gasteiger partial charge in [-0.1, -0.05) is 35.4 Å². The largest absolute Gasteiger partial charge is 0.481 e. The van der Waals surface area contributed by atoms with E-state index in [4.69, 9.17) is 33.5 Å². The molecule has 0 saturated heterocycles. The first kappa shape index (κ1) is 52.6. The SMILES string of the molecule is CC(C)(C#Cc1nccn2ncc(Br)c12)C(N)=O.CC(C)(C#Cc1nccn2nccc12)C(N)=O.COc1ccc2cc(-c3cnn4ccnc(C#CC(C)(C)C(N)=O)c34)ccc2n1.Clc1nccn2nccc12. The average molecular weight is 1070 g/mol. The first-order chi connectivity index (χ1) is 35.2. The molecule has 0 aliphatic carbocycles. The minimum absolute atomic E-state index is 0.453. The van der Waals surface area contributed by atoms with Crippen LogP contribution in [-0.2, 0) is 14.4 Å². The molecule has 0 atom stereocenters. The number of fused-ring (bicyclic) bond motifs is 5. The first-order valence-electron chi connectivity index (χ1n) is 22.2. The third-order valence-corrected chi connectivity index (χ3v) is 11.8. The zero-order valence-corrected chi connectivity index (χ0v) is 43.2. The lowest BCUT2D eigenvalue weighted by Crippen LogP contribution is -2.29. The number of nitrogens with two attached hydrogens (primary N) is 3. The van der Waals surface area contributed by atoms with Crippen molar-refractivity contribution in [2.75, 3.05) is 7.11 Å². The first-order valence-corrected chi connectivity index (χ1v) is 23.3. The molecule has 10 rings (SSSR count). The van der Waals surface area contributed by atoms with Crippen LogP contribution in [0.5, 0.6) is 5.88 Å². The highest BCUT2D eigenvalue weighted by Crippen LogP contribution is 2.30. The van der Waals surface area contributed by atoms with Gasteiger partial charge in [0, 0.05) is 66.6 Å². The topological polar surface area (TPSA) is 272 Å². The summed E-state index contributed by atoms with van der Waals surface area (Å²) in [5, 5.41) is 18.1. The number of hydrogen-bond acceptors (Lipinski definition) is 13. The molecule has 0 saturated carbocycles. The smallest absolute Gasteiger partial charge is 0.235 e. The highest BCUT2D eigenvalue weighted by Gasteiger charge is 2.24. The van der Waals surface area contributed by atoms with E-state index in [1.54, 1.807) is 141 Å². The molecule has 372 valence electrons. The molecule has 10 aromatic rings. The maximum atomic E-state index is 11.6. The lowest BCUT2D eigenvalue weighted by atomic mass is 9.93. The summed E-state index contributed by atoms with van der Waals surface area (Å²) >= 11 is 9.11. The van der Waals surface area contributed by atoms with Crippen molar-refractivity contribution in [1.29, 1.82) is 0 Å². The summed E-state index contributed by atoms with van der Waals surface area (Å²) in [5.74, 6) is 16.5. The molecule has 0 unspecified atom stereocenters. The number of rotatable bonds is 5. The van der Waals surface area contributed by atoms with Crippen LogP contribution in [0.2, 0.25) is 5.15 Å². The summed E-state index contributed by atoms with van der Waals surface area (Å²) < 4.78 is 12.7. The number of ether oxygens (including phenoxy) is 1. The third kappa shape index (κ3) is 12.1. The second kappa shape index (κ2) is 22.0. The molecule has 3 amide bonds. The number of carbonyl (C=O) groups excluding carboxylic acids is 3. The molecule has 0 spiro atoms. The predicted octanol–water partition coefficient (Wildman–Crippen LogP) is 6.15. The number of hydrogen-bond donors (Lipinski definition) is 3. The monoisotopic (exact) mass is 1070 g/mol. The van der Waals surface area contributed by atoms with Crippen molar-refractivity contribution in [3.05, 3.63) is 144 Å². The summed E-state index contributed by atoms with van der Waals surface area (Å²) in [6.07, 6.45) is 20.2. The van der Waals surface area contributed by atoms with E-state index in [2.05, 4.69) is 96.8 Å². The molecule has 0 radical (unpaired) electrons. The molecular weight excluding hydrogens is 1030 g/mol. The van der Waals surface area contributed by atoms with Crippen molar-refractivity contribution < 1.29 is 19.1 Å². The number of carbonyl (C=O) groups is 3. The maximum Gasteiger partial charge on any atom is 0.235 e. The number of amides is 3. The molecule has 0 bridgehead atoms. The summed E-state index contributed by atoms with van der Waals surface area (Å²) in [6, 6.07) is 13.4. The molecule has 6 N–H and O–H groups in total. The fourth-order valence-corrected chi connectivity index (χ4v) is 6.91. The van der Waals surface area contributed by atoms with Crippen molar-refractivity contribution in [2.45, 2.75) is 41.5 Å². The minimum Gasteiger partial charge on any atom is -0.481 e. The summed E-state index contributed by atoms with van der Waals surface area (Å²) in [4.78, 5) is 55.0. The highest BCUT2D eigenvalue weighted by molar-refractivity contribution is 9.10. The minimum atomic E-state index is -0.956. The third-order valence-electron chi connectivity index (χ3n) is 10.9. The van der Waals surface area contributed by atoms with Crippen LogP contribution in [0.1, 0.15) is 58.6 Å². The highest BCUT2D eigenvalue weighted by atomic mass is 79.9. The van der Waals surface area contributed by atoms with Crippen LogP contribution in [-0.4, -0.2) is 88.2 Å². The Bertz CT molecular complexity index is 3950. The van der Waals surface area contributed by atoms with Crippen molar-refractivity contribution in [3.63, 3.8) is 0 Å². The van der Waals surface area contributed by atoms with Gasteiger partial charge in [0.05, 0.1) is 41.9 Å².